The number of rotatable bonds is 10. The Hall–Kier alpha value is -3.41. The molecule has 1 unspecified atom stereocenters. The van der Waals surface area contributed by atoms with Gasteiger partial charge in [-0.25, -0.2) is 4.39 Å². The van der Waals surface area contributed by atoms with Gasteiger partial charge in [-0.2, -0.15) is 0 Å². The summed E-state index contributed by atoms with van der Waals surface area (Å²) in [6, 6.07) is 16.2. The van der Waals surface area contributed by atoms with Gasteiger partial charge in [-0.05, 0) is 78.5 Å². The maximum absolute atomic E-state index is 14.8. The SMILES string of the molecule is COc1ccc(F)c(-c2ccc(COc3cccc(C(CC(=O)O)C4CC4)c3)nc2CC(C)(C)C)c1. The molecule has 1 heterocycles. The molecule has 0 aliphatic heterocycles. The summed E-state index contributed by atoms with van der Waals surface area (Å²) in [6.07, 6.45) is 2.95. The molecule has 0 radical (unpaired) electrons. The standard InChI is InChI=1S/C30H34FNO4/c1-30(2,3)17-28-24(26-15-22(35-4)11-13-27(26)31)12-10-21(32-28)18-36-23-7-5-6-20(14-23)25(16-29(33)34)19-8-9-19/h5-7,10-15,19,25H,8-9,16-18H2,1-4H3,(H,33,34). The number of pyridine rings is 1. The maximum Gasteiger partial charge on any atom is 0.303 e. The number of hydrogen-bond donors (Lipinski definition) is 1. The molecule has 1 aliphatic carbocycles. The fourth-order valence-electron chi connectivity index (χ4n) is 4.58. The van der Waals surface area contributed by atoms with Crippen molar-refractivity contribution in [3.8, 4) is 22.6 Å². The van der Waals surface area contributed by atoms with E-state index in [0.29, 0.717) is 29.4 Å². The highest BCUT2D eigenvalue weighted by molar-refractivity contribution is 5.69. The maximum atomic E-state index is 14.8. The fourth-order valence-corrected chi connectivity index (χ4v) is 4.58. The third-order valence-corrected chi connectivity index (χ3v) is 6.45. The van der Waals surface area contributed by atoms with Crippen LogP contribution < -0.4 is 9.47 Å². The highest BCUT2D eigenvalue weighted by Gasteiger charge is 2.33. The van der Waals surface area contributed by atoms with Crippen LogP contribution in [0.1, 0.15) is 62.9 Å². The van der Waals surface area contributed by atoms with E-state index in [4.69, 9.17) is 14.5 Å². The van der Waals surface area contributed by atoms with Gasteiger partial charge < -0.3 is 14.6 Å². The molecule has 1 aromatic heterocycles. The normalized spacial score (nSPS) is 14.4. The molecule has 1 atom stereocenters. The summed E-state index contributed by atoms with van der Waals surface area (Å²) in [7, 11) is 1.56. The highest BCUT2D eigenvalue weighted by atomic mass is 19.1. The molecule has 0 amide bonds. The van der Waals surface area contributed by atoms with Crippen molar-refractivity contribution in [2.24, 2.45) is 11.3 Å². The molecule has 0 spiro atoms. The molecule has 1 fully saturated rings. The van der Waals surface area contributed by atoms with Crippen molar-refractivity contribution in [2.45, 2.75) is 59.0 Å². The van der Waals surface area contributed by atoms with Crippen LogP contribution in [0.3, 0.4) is 0 Å². The van der Waals surface area contributed by atoms with Crippen molar-refractivity contribution in [2.75, 3.05) is 7.11 Å². The van der Waals surface area contributed by atoms with E-state index in [0.717, 1.165) is 35.4 Å². The van der Waals surface area contributed by atoms with E-state index in [1.807, 2.05) is 36.4 Å². The zero-order valence-electron chi connectivity index (χ0n) is 21.4. The van der Waals surface area contributed by atoms with Crippen LogP contribution in [0.5, 0.6) is 11.5 Å². The van der Waals surface area contributed by atoms with Gasteiger partial charge in [0.25, 0.3) is 0 Å². The smallest absolute Gasteiger partial charge is 0.303 e. The van der Waals surface area contributed by atoms with Gasteiger partial charge in [0.2, 0.25) is 0 Å². The van der Waals surface area contributed by atoms with Gasteiger partial charge in [0.05, 0.1) is 19.2 Å². The summed E-state index contributed by atoms with van der Waals surface area (Å²) >= 11 is 0. The molecule has 5 nitrogen and oxygen atoms in total. The predicted molar refractivity (Wildman–Crippen MR) is 138 cm³/mol. The van der Waals surface area contributed by atoms with Gasteiger partial charge in [0.15, 0.2) is 0 Å². The van der Waals surface area contributed by atoms with Gasteiger partial charge >= 0.3 is 5.97 Å². The van der Waals surface area contributed by atoms with E-state index >= 15 is 0 Å². The van der Waals surface area contributed by atoms with E-state index in [9.17, 15) is 14.3 Å². The topological polar surface area (TPSA) is 68.7 Å². The number of hydrogen-bond acceptors (Lipinski definition) is 4. The Balaban J connectivity index is 1.57. The molecule has 0 bridgehead atoms. The van der Waals surface area contributed by atoms with Crippen molar-refractivity contribution in [1.82, 2.24) is 4.98 Å². The van der Waals surface area contributed by atoms with Crippen molar-refractivity contribution >= 4 is 5.97 Å². The summed E-state index contributed by atoms with van der Waals surface area (Å²) in [5.74, 6) is 0.627. The molecule has 1 aliphatic rings. The Kier molecular flexibility index (Phi) is 7.62. The van der Waals surface area contributed by atoms with Crippen LogP contribution in [0.2, 0.25) is 0 Å². The number of carboxylic acids is 1. The lowest BCUT2D eigenvalue weighted by molar-refractivity contribution is -0.137. The lowest BCUT2D eigenvalue weighted by Gasteiger charge is -2.21. The third-order valence-electron chi connectivity index (χ3n) is 6.45. The first-order valence-electron chi connectivity index (χ1n) is 12.4. The van der Waals surface area contributed by atoms with Gasteiger partial charge in [-0.15, -0.1) is 0 Å². The Morgan fingerprint density at radius 3 is 2.53 bits per heavy atom. The number of nitrogens with zero attached hydrogens (tertiary/aromatic N) is 1. The summed E-state index contributed by atoms with van der Waals surface area (Å²) in [5, 5.41) is 9.33. The summed E-state index contributed by atoms with van der Waals surface area (Å²) < 4.78 is 26.2. The Labute approximate surface area is 212 Å². The molecule has 3 aromatic rings. The van der Waals surface area contributed by atoms with E-state index in [2.05, 4.69) is 20.8 Å². The first-order chi connectivity index (χ1) is 17.1. The van der Waals surface area contributed by atoms with E-state index in [-0.39, 0.29) is 30.2 Å². The minimum atomic E-state index is -0.777. The zero-order chi connectivity index (χ0) is 25.9. The minimum absolute atomic E-state index is 0.0135. The summed E-state index contributed by atoms with van der Waals surface area (Å²) in [5.41, 5.74) is 3.71. The van der Waals surface area contributed by atoms with Crippen molar-refractivity contribution in [3.63, 3.8) is 0 Å². The van der Waals surface area contributed by atoms with Crippen LogP contribution in [0.25, 0.3) is 11.1 Å². The van der Waals surface area contributed by atoms with Crippen molar-refractivity contribution < 1.29 is 23.8 Å². The molecule has 6 heteroatoms. The van der Waals surface area contributed by atoms with Crippen LogP contribution in [-0.2, 0) is 17.8 Å². The highest BCUT2D eigenvalue weighted by Crippen LogP contribution is 2.45. The lowest BCUT2D eigenvalue weighted by Crippen LogP contribution is -2.13. The van der Waals surface area contributed by atoms with E-state index in [1.165, 1.54) is 6.07 Å². The number of aliphatic carboxylic acids is 1. The van der Waals surface area contributed by atoms with Gasteiger partial charge in [-0.3, -0.25) is 9.78 Å². The third kappa shape index (κ3) is 6.62. The zero-order valence-corrected chi connectivity index (χ0v) is 21.4. The minimum Gasteiger partial charge on any atom is -0.497 e. The Bertz CT molecular complexity index is 1230. The molecule has 1 N–H and O–H groups in total. The van der Waals surface area contributed by atoms with Crippen LogP contribution in [-0.4, -0.2) is 23.2 Å². The van der Waals surface area contributed by atoms with Crippen LogP contribution in [0.4, 0.5) is 4.39 Å². The number of halogens is 1. The van der Waals surface area contributed by atoms with Crippen LogP contribution in [0, 0.1) is 17.2 Å². The van der Waals surface area contributed by atoms with Crippen LogP contribution >= 0.6 is 0 Å². The average molecular weight is 492 g/mol. The van der Waals surface area contributed by atoms with Gasteiger partial charge in [0, 0.05) is 16.8 Å². The number of benzene rings is 2. The molecule has 36 heavy (non-hydrogen) atoms. The second kappa shape index (κ2) is 10.7. The van der Waals surface area contributed by atoms with Gasteiger partial charge in [-0.1, -0.05) is 39.0 Å². The summed E-state index contributed by atoms with van der Waals surface area (Å²) in [6.45, 7) is 6.64. The Morgan fingerprint density at radius 1 is 1.08 bits per heavy atom. The van der Waals surface area contributed by atoms with E-state index in [1.54, 1.807) is 19.2 Å². The quantitative estimate of drug-likeness (QED) is 0.330. The summed E-state index contributed by atoms with van der Waals surface area (Å²) in [4.78, 5) is 16.2. The first-order valence-corrected chi connectivity index (χ1v) is 12.4. The lowest BCUT2D eigenvalue weighted by atomic mass is 9.87. The second-order valence-electron chi connectivity index (χ2n) is 10.8. The Morgan fingerprint density at radius 2 is 1.86 bits per heavy atom. The van der Waals surface area contributed by atoms with Crippen molar-refractivity contribution in [3.05, 3.63) is 77.4 Å². The number of carbonyl (C=O) groups is 1. The number of methoxy groups -OCH3 is 1. The average Bonchev–Trinajstić information content (AvgIpc) is 3.66. The van der Waals surface area contributed by atoms with Crippen LogP contribution in [0.15, 0.2) is 54.6 Å². The van der Waals surface area contributed by atoms with E-state index < -0.39 is 5.97 Å². The second-order valence-corrected chi connectivity index (χ2v) is 10.8. The number of carboxylic acid groups (broad SMARTS) is 1. The molecule has 2 aromatic carbocycles. The molecule has 4 rings (SSSR count). The largest absolute Gasteiger partial charge is 0.497 e. The molecule has 0 saturated heterocycles. The molecule has 1 saturated carbocycles. The first kappa shape index (κ1) is 25.7. The molecular weight excluding hydrogens is 457 g/mol. The number of ether oxygens (including phenoxy) is 2. The monoisotopic (exact) mass is 491 g/mol. The molecular formula is C30H34FNO4. The number of aromatic nitrogens is 1. The fraction of sp³-hybridized carbons (Fsp3) is 0.400. The predicted octanol–water partition coefficient (Wildman–Crippen LogP) is 7.03. The molecule has 190 valence electrons. The van der Waals surface area contributed by atoms with Gasteiger partial charge in [0.1, 0.15) is 23.9 Å². The van der Waals surface area contributed by atoms with Crippen molar-refractivity contribution in [1.29, 1.82) is 0 Å².